The van der Waals surface area contributed by atoms with Crippen molar-refractivity contribution in [1.82, 2.24) is 0 Å². The number of benzene rings is 1. The van der Waals surface area contributed by atoms with Crippen LogP contribution in [0.1, 0.15) is 49.7 Å². The lowest BCUT2D eigenvalue weighted by Crippen LogP contribution is -2.46. The summed E-state index contributed by atoms with van der Waals surface area (Å²) in [6, 6.07) is 7.33. The number of fused-ring (bicyclic) bond motifs is 1. The fourth-order valence-electron chi connectivity index (χ4n) is 4.05. The predicted molar refractivity (Wildman–Crippen MR) is 89.4 cm³/mol. The molecule has 0 bridgehead atoms. The number of piperidine rings is 1. The van der Waals surface area contributed by atoms with Gasteiger partial charge in [-0.1, -0.05) is 25.1 Å². The quantitative estimate of drug-likeness (QED) is 0.840. The Morgan fingerprint density at radius 3 is 2.70 bits per heavy atom. The molecule has 2 atom stereocenters. The molecule has 0 spiro atoms. The summed E-state index contributed by atoms with van der Waals surface area (Å²) >= 11 is 5.11. The zero-order valence-corrected chi connectivity index (χ0v) is 13.1. The highest BCUT2D eigenvalue weighted by Gasteiger charge is 2.33. The summed E-state index contributed by atoms with van der Waals surface area (Å²) in [5.74, 6) is 0.910. The van der Waals surface area contributed by atoms with Gasteiger partial charge < -0.3 is 10.6 Å². The number of thiocarbonyl (C=S) groups is 1. The van der Waals surface area contributed by atoms with Crippen molar-refractivity contribution in [3.05, 3.63) is 29.3 Å². The first-order chi connectivity index (χ1) is 9.66. The van der Waals surface area contributed by atoms with Gasteiger partial charge in [-0.25, -0.2) is 0 Å². The molecule has 1 aromatic rings. The molecule has 1 aliphatic carbocycles. The minimum Gasteiger partial charge on any atom is -0.389 e. The van der Waals surface area contributed by atoms with Crippen LogP contribution in [0.4, 0.5) is 5.69 Å². The Balaban J connectivity index is 1.87. The van der Waals surface area contributed by atoms with Gasteiger partial charge in [0.1, 0.15) is 4.99 Å². The van der Waals surface area contributed by atoms with E-state index in [-0.39, 0.29) is 0 Å². The number of hydrogen-bond donors (Lipinski definition) is 1. The number of nitrogens with zero attached hydrogens (tertiary/aromatic N) is 1. The van der Waals surface area contributed by atoms with Crippen LogP contribution in [-0.4, -0.2) is 17.6 Å². The van der Waals surface area contributed by atoms with E-state index in [0.29, 0.717) is 4.99 Å². The summed E-state index contributed by atoms with van der Waals surface area (Å²) in [4.78, 5) is 3.15. The Kier molecular flexibility index (Phi) is 3.97. The average molecular weight is 288 g/mol. The molecular weight excluding hydrogens is 264 g/mol. The maximum atomic E-state index is 5.77. The first kappa shape index (κ1) is 13.9. The minimum absolute atomic E-state index is 0.503. The summed E-state index contributed by atoms with van der Waals surface area (Å²) in [6.45, 7) is 3.31. The smallest absolute Gasteiger partial charge is 0.104 e. The number of aryl methyl sites for hydroxylation is 1. The third-order valence-electron chi connectivity index (χ3n) is 5.05. The fourth-order valence-corrected chi connectivity index (χ4v) is 4.28. The molecule has 0 amide bonds. The summed E-state index contributed by atoms with van der Waals surface area (Å²) in [5, 5.41) is 0. The van der Waals surface area contributed by atoms with Crippen molar-refractivity contribution in [2.45, 2.75) is 51.5 Å². The van der Waals surface area contributed by atoms with E-state index in [9.17, 15) is 0 Å². The number of rotatable bonds is 2. The molecule has 0 radical (unpaired) electrons. The molecule has 1 saturated carbocycles. The maximum absolute atomic E-state index is 5.77. The Labute approximate surface area is 127 Å². The monoisotopic (exact) mass is 288 g/mol. The second-order valence-electron chi connectivity index (χ2n) is 6.31. The van der Waals surface area contributed by atoms with Crippen LogP contribution in [0.5, 0.6) is 0 Å². The van der Waals surface area contributed by atoms with Gasteiger partial charge in [0.25, 0.3) is 0 Å². The van der Waals surface area contributed by atoms with Gasteiger partial charge in [-0.15, -0.1) is 0 Å². The van der Waals surface area contributed by atoms with Crippen LogP contribution in [0.15, 0.2) is 18.2 Å². The van der Waals surface area contributed by atoms with Crippen LogP contribution in [0, 0.1) is 12.8 Å². The Morgan fingerprint density at radius 1 is 1.20 bits per heavy atom. The van der Waals surface area contributed by atoms with Gasteiger partial charge in [0.2, 0.25) is 0 Å². The zero-order chi connectivity index (χ0) is 14.1. The largest absolute Gasteiger partial charge is 0.389 e. The van der Waals surface area contributed by atoms with Crippen LogP contribution in [0.3, 0.4) is 0 Å². The van der Waals surface area contributed by atoms with Crippen LogP contribution in [0.25, 0.3) is 0 Å². The highest BCUT2D eigenvalue weighted by atomic mass is 32.1. The van der Waals surface area contributed by atoms with E-state index >= 15 is 0 Å². The number of hydrogen-bond acceptors (Lipinski definition) is 2. The van der Waals surface area contributed by atoms with Crippen molar-refractivity contribution in [2.24, 2.45) is 11.7 Å². The van der Waals surface area contributed by atoms with Crippen molar-refractivity contribution >= 4 is 22.9 Å². The molecule has 1 aliphatic heterocycles. The molecule has 2 fully saturated rings. The lowest BCUT2D eigenvalue weighted by Gasteiger charge is -2.45. The van der Waals surface area contributed by atoms with Gasteiger partial charge >= 0.3 is 0 Å². The topological polar surface area (TPSA) is 29.3 Å². The highest BCUT2D eigenvalue weighted by molar-refractivity contribution is 7.80. The van der Waals surface area contributed by atoms with E-state index in [1.165, 1.54) is 56.3 Å². The molecule has 108 valence electrons. The molecule has 3 heteroatoms. The van der Waals surface area contributed by atoms with Gasteiger partial charge in [-0.05, 0) is 62.3 Å². The highest BCUT2D eigenvalue weighted by Crippen LogP contribution is 2.38. The van der Waals surface area contributed by atoms with E-state index in [1.54, 1.807) is 0 Å². The van der Waals surface area contributed by atoms with E-state index in [1.807, 2.05) is 0 Å². The predicted octanol–water partition coefficient (Wildman–Crippen LogP) is 3.79. The van der Waals surface area contributed by atoms with Crippen molar-refractivity contribution in [1.29, 1.82) is 0 Å². The van der Waals surface area contributed by atoms with Crippen LogP contribution in [-0.2, 0) is 0 Å². The molecule has 3 rings (SSSR count). The van der Waals surface area contributed by atoms with E-state index in [0.717, 1.165) is 17.5 Å². The van der Waals surface area contributed by atoms with Gasteiger partial charge in [0.05, 0.1) is 0 Å². The summed E-state index contributed by atoms with van der Waals surface area (Å²) in [7, 11) is 0. The minimum atomic E-state index is 0.503. The van der Waals surface area contributed by atoms with E-state index in [4.69, 9.17) is 18.0 Å². The Bertz CT molecular complexity index is 510. The molecular formula is C17H24N2S. The molecule has 1 aromatic carbocycles. The summed E-state index contributed by atoms with van der Waals surface area (Å²) in [6.07, 6.45) is 8.35. The van der Waals surface area contributed by atoms with Crippen LogP contribution < -0.4 is 10.6 Å². The molecule has 2 nitrogen and oxygen atoms in total. The molecule has 20 heavy (non-hydrogen) atoms. The summed E-state index contributed by atoms with van der Waals surface area (Å²) in [5.41, 5.74) is 9.34. The normalized spacial score (nSPS) is 26.1. The van der Waals surface area contributed by atoms with Gasteiger partial charge in [0.15, 0.2) is 0 Å². The molecule has 0 unspecified atom stereocenters. The lowest BCUT2D eigenvalue weighted by molar-refractivity contribution is 0.244. The third kappa shape index (κ3) is 2.56. The average Bonchev–Trinajstić information content (AvgIpc) is 2.46. The van der Waals surface area contributed by atoms with Crippen LogP contribution >= 0.6 is 12.2 Å². The van der Waals surface area contributed by atoms with E-state index in [2.05, 4.69) is 30.0 Å². The van der Waals surface area contributed by atoms with Gasteiger partial charge in [-0.2, -0.15) is 0 Å². The SMILES string of the molecule is Cc1cc(N2CCC[C@H]3CCCC[C@H]32)ccc1C(N)=S. The molecule has 1 saturated heterocycles. The zero-order valence-electron chi connectivity index (χ0n) is 12.3. The summed E-state index contributed by atoms with van der Waals surface area (Å²) < 4.78 is 0. The van der Waals surface area contributed by atoms with Crippen molar-refractivity contribution in [2.75, 3.05) is 11.4 Å². The third-order valence-corrected chi connectivity index (χ3v) is 5.27. The fraction of sp³-hybridized carbons (Fsp3) is 0.588. The standard InChI is InChI=1S/C17H24N2S/c1-12-11-14(8-9-15(12)17(18)20)19-10-4-6-13-5-2-3-7-16(13)19/h8-9,11,13,16H,2-7,10H2,1H3,(H2,18,20)/t13-,16-/m1/s1. The second kappa shape index (κ2) is 5.72. The van der Waals surface area contributed by atoms with E-state index < -0.39 is 0 Å². The molecule has 1 heterocycles. The number of nitrogens with two attached hydrogens (primary N) is 1. The molecule has 2 N–H and O–H groups in total. The molecule has 0 aromatic heterocycles. The first-order valence-corrected chi connectivity index (χ1v) is 8.25. The maximum Gasteiger partial charge on any atom is 0.104 e. The van der Waals surface area contributed by atoms with Crippen LogP contribution in [0.2, 0.25) is 0 Å². The van der Waals surface area contributed by atoms with Gasteiger partial charge in [0, 0.05) is 23.8 Å². The van der Waals surface area contributed by atoms with Gasteiger partial charge in [-0.3, -0.25) is 0 Å². The Morgan fingerprint density at radius 2 is 1.95 bits per heavy atom. The van der Waals surface area contributed by atoms with Crippen molar-refractivity contribution < 1.29 is 0 Å². The van der Waals surface area contributed by atoms with Crippen molar-refractivity contribution in [3.8, 4) is 0 Å². The lowest BCUT2D eigenvalue weighted by atomic mass is 9.78. The first-order valence-electron chi connectivity index (χ1n) is 7.84. The Hall–Kier alpha value is -1.09. The van der Waals surface area contributed by atoms with Crippen molar-refractivity contribution in [3.63, 3.8) is 0 Å². The second-order valence-corrected chi connectivity index (χ2v) is 6.75. The molecule has 2 aliphatic rings. The number of anilines is 1.